The highest BCUT2D eigenvalue weighted by atomic mass is 16.7. The highest BCUT2D eigenvalue weighted by Crippen LogP contribution is 2.29. The number of carbonyl (C=O) groups is 1. The molecule has 0 spiro atoms. The monoisotopic (exact) mass is 417 g/mol. The third kappa shape index (κ3) is 4.13. The highest BCUT2D eigenvalue weighted by molar-refractivity contribution is 6.00. The molecule has 0 aliphatic carbocycles. The Morgan fingerprint density at radius 2 is 1.77 bits per heavy atom. The van der Waals surface area contributed by atoms with Crippen LogP contribution in [0, 0.1) is 12.8 Å². The summed E-state index contributed by atoms with van der Waals surface area (Å²) in [6.45, 7) is 4.72. The summed E-state index contributed by atoms with van der Waals surface area (Å²) in [5.41, 5.74) is 4.40. The molecule has 2 aromatic carbocycles. The van der Waals surface area contributed by atoms with Crippen molar-refractivity contribution in [2.45, 2.75) is 26.1 Å². The molecule has 6 heteroatoms. The number of piperidine rings is 1. The van der Waals surface area contributed by atoms with E-state index in [0.717, 1.165) is 30.6 Å². The van der Waals surface area contributed by atoms with Gasteiger partial charge >= 0.3 is 0 Å². The lowest BCUT2D eigenvalue weighted by Gasteiger charge is -2.34. The van der Waals surface area contributed by atoms with E-state index in [2.05, 4.69) is 19.1 Å². The van der Waals surface area contributed by atoms with E-state index in [1.807, 2.05) is 53.6 Å². The molecule has 2 aliphatic rings. The van der Waals surface area contributed by atoms with Crippen LogP contribution >= 0.6 is 0 Å². The molecule has 3 aromatic rings. The summed E-state index contributed by atoms with van der Waals surface area (Å²) in [4.78, 5) is 15.6. The molecule has 6 nitrogen and oxygen atoms in total. The van der Waals surface area contributed by atoms with Gasteiger partial charge in [-0.1, -0.05) is 48.0 Å². The quantitative estimate of drug-likeness (QED) is 0.642. The third-order valence-corrected chi connectivity index (χ3v) is 6.07. The molecule has 1 unspecified atom stereocenters. The van der Waals surface area contributed by atoms with Gasteiger partial charge in [-0.3, -0.25) is 4.79 Å². The minimum absolute atomic E-state index is 0.0138. The topological polar surface area (TPSA) is 56.6 Å². The molecular formula is C25H27N3O3. The molecule has 1 aromatic heterocycles. The predicted molar refractivity (Wildman–Crippen MR) is 118 cm³/mol. The van der Waals surface area contributed by atoms with E-state index in [4.69, 9.17) is 14.6 Å². The zero-order valence-corrected chi connectivity index (χ0v) is 17.7. The van der Waals surface area contributed by atoms with Crippen molar-refractivity contribution in [3.05, 3.63) is 71.9 Å². The van der Waals surface area contributed by atoms with Gasteiger partial charge < -0.3 is 14.4 Å². The summed E-state index contributed by atoms with van der Waals surface area (Å²) < 4.78 is 13.2. The van der Waals surface area contributed by atoms with Crippen LogP contribution in [0.3, 0.4) is 0 Å². The molecule has 1 amide bonds. The first kappa shape index (κ1) is 20.0. The fourth-order valence-electron chi connectivity index (χ4n) is 4.41. The van der Waals surface area contributed by atoms with Crippen molar-refractivity contribution in [3.63, 3.8) is 0 Å². The predicted octanol–water partition coefficient (Wildman–Crippen LogP) is 4.07. The van der Waals surface area contributed by atoms with Gasteiger partial charge in [0, 0.05) is 30.8 Å². The van der Waals surface area contributed by atoms with Gasteiger partial charge in [-0.2, -0.15) is 5.10 Å². The van der Waals surface area contributed by atoms with Crippen LogP contribution in [0.25, 0.3) is 16.9 Å². The summed E-state index contributed by atoms with van der Waals surface area (Å²) in [7, 11) is 0. The molecule has 31 heavy (non-hydrogen) atoms. The SMILES string of the molecule is Cc1ccc(-n2cc(C(=O)N3CCCC(C4OCCO4)C3)c(-c3ccccc3)n2)cc1. The molecule has 1 atom stereocenters. The van der Waals surface area contributed by atoms with E-state index in [9.17, 15) is 4.79 Å². The van der Waals surface area contributed by atoms with E-state index in [1.165, 1.54) is 5.56 Å². The summed E-state index contributed by atoms with van der Waals surface area (Å²) in [6, 6.07) is 18.1. The van der Waals surface area contributed by atoms with E-state index in [0.29, 0.717) is 31.0 Å². The average molecular weight is 418 g/mol. The molecule has 160 valence electrons. The smallest absolute Gasteiger partial charge is 0.257 e. The van der Waals surface area contributed by atoms with Gasteiger partial charge in [0.2, 0.25) is 0 Å². The molecule has 2 fully saturated rings. The molecule has 0 bridgehead atoms. The van der Waals surface area contributed by atoms with Crippen molar-refractivity contribution in [1.82, 2.24) is 14.7 Å². The molecular weight excluding hydrogens is 390 g/mol. The number of aromatic nitrogens is 2. The first-order chi connectivity index (χ1) is 15.2. The maximum Gasteiger partial charge on any atom is 0.257 e. The maximum atomic E-state index is 13.6. The number of rotatable bonds is 4. The Morgan fingerprint density at radius 3 is 2.52 bits per heavy atom. The van der Waals surface area contributed by atoms with Crippen molar-refractivity contribution < 1.29 is 14.3 Å². The second-order valence-electron chi connectivity index (χ2n) is 8.30. The third-order valence-electron chi connectivity index (χ3n) is 6.07. The van der Waals surface area contributed by atoms with Gasteiger partial charge in [-0.25, -0.2) is 4.68 Å². The number of aryl methyl sites for hydroxylation is 1. The van der Waals surface area contributed by atoms with E-state index in [1.54, 1.807) is 4.68 Å². The van der Waals surface area contributed by atoms with Crippen LogP contribution in [0.1, 0.15) is 28.8 Å². The Balaban J connectivity index is 1.48. The zero-order chi connectivity index (χ0) is 21.2. The number of amides is 1. The van der Waals surface area contributed by atoms with Gasteiger partial charge in [0.1, 0.15) is 5.69 Å². The van der Waals surface area contributed by atoms with Gasteiger partial charge in [0.25, 0.3) is 5.91 Å². The first-order valence-corrected chi connectivity index (χ1v) is 10.9. The standard InChI is InChI=1S/C25H27N3O3/c1-18-9-11-21(12-10-18)28-17-22(23(26-28)19-6-3-2-4-7-19)24(29)27-13-5-8-20(16-27)25-30-14-15-31-25/h2-4,6-7,9-12,17,20,25H,5,8,13-16H2,1H3. The van der Waals surface area contributed by atoms with E-state index >= 15 is 0 Å². The fourth-order valence-corrected chi connectivity index (χ4v) is 4.41. The largest absolute Gasteiger partial charge is 0.350 e. The average Bonchev–Trinajstić information content (AvgIpc) is 3.51. The minimum Gasteiger partial charge on any atom is -0.350 e. The van der Waals surface area contributed by atoms with Crippen molar-refractivity contribution in [3.8, 4) is 16.9 Å². The molecule has 0 N–H and O–H groups in total. The number of likely N-dealkylation sites (tertiary alicyclic amines) is 1. The Kier molecular flexibility index (Phi) is 5.57. The number of hydrogen-bond acceptors (Lipinski definition) is 4. The van der Waals surface area contributed by atoms with Crippen LogP contribution in [0.15, 0.2) is 60.8 Å². The lowest BCUT2D eigenvalue weighted by atomic mass is 9.96. The van der Waals surface area contributed by atoms with Crippen molar-refractivity contribution in [1.29, 1.82) is 0 Å². The van der Waals surface area contributed by atoms with Gasteiger partial charge in [0.15, 0.2) is 6.29 Å². The van der Waals surface area contributed by atoms with Gasteiger partial charge in [-0.15, -0.1) is 0 Å². The lowest BCUT2D eigenvalue weighted by Crippen LogP contribution is -2.43. The van der Waals surface area contributed by atoms with Gasteiger partial charge in [0.05, 0.1) is 24.5 Å². The number of carbonyl (C=O) groups excluding carboxylic acids is 1. The maximum absolute atomic E-state index is 13.6. The van der Waals surface area contributed by atoms with Crippen LogP contribution in [0.4, 0.5) is 0 Å². The Labute approximate surface area is 182 Å². The summed E-state index contributed by atoms with van der Waals surface area (Å²) >= 11 is 0. The molecule has 5 rings (SSSR count). The number of ether oxygens (including phenoxy) is 2. The van der Waals surface area contributed by atoms with Crippen LogP contribution in [0.2, 0.25) is 0 Å². The Hall–Kier alpha value is -2.96. The summed E-state index contributed by atoms with van der Waals surface area (Å²) in [5.74, 6) is 0.229. The van der Waals surface area contributed by atoms with Gasteiger partial charge in [-0.05, 0) is 31.9 Å². The molecule has 2 saturated heterocycles. The van der Waals surface area contributed by atoms with E-state index in [-0.39, 0.29) is 18.1 Å². The second-order valence-corrected chi connectivity index (χ2v) is 8.30. The summed E-state index contributed by atoms with van der Waals surface area (Å²) in [6.07, 6.45) is 3.63. The Morgan fingerprint density at radius 1 is 1.03 bits per heavy atom. The number of hydrogen-bond donors (Lipinski definition) is 0. The van der Waals surface area contributed by atoms with Crippen LogP contribution in [0.5, 0.6) is 0 Å². The van der Waals surface area contributed by atoms with Crippen molar-refractivity contribution in [2.75, 3.05) is 26.3 Å². The second kappa shape index (κ2) is 8.65. The summed E-state index contributed by atoms with van der Waals surface area (Å²) in [5, 5.41) is 4.81. The fraction of sp³-hybridized carbons (Fsp3) is 0.360. The van der Waals surface area contributed by atoms with Crippen molar-refractivity contribution >= 4 is 5.91 Å². The minimum atomic E-state index is -0.195. The number of nitrogens with zero attached hydrogens (tertiary/aromatic N) is 3. The number of benzene rings is 2. The normalized spacial score (nSPS) is 19.6. The first-order valence-electron chi connectivity index (χ1n) is 10.9. The van der Waals surface area contributed by atoms with Crippen molar-refractivity contribution in [2.24, 2.45) is 5.92 Å². The van der Waals surface area contributed by atoms with Crippen LogP contribution in [-0.2, 0) is 9.47 Å². The molecule has 0 radical (unpaired) electrons. The Bertz CT molecular complexity index is 1040. The molecule has 3 heterocycles. The zero-order valence-electron chi connectivity index (χ0n) is 17.7. The van der Waals surface area contributed by atoms with Crippen LogP contribution in [-0.4, -0.2) is 53.2 Å². The molecule has 2 aliphatic heterocycles. The molecule has 0 saturated carbocycles. The lowest BCUT2D eigenvalue weighted by molar-refractivity contribution is -0.0969. The highest BCUT2D eigenvalue weighted by Gasteiger charge is 2.34. The van der Waals surface area contributed by atoms with E-state index < -0.39 is 0 Å². The van der Waals surface area contributed by atoms with Crippen LogP contribution < -0.4 is 0 Å².